The summed E-state index contributed by atoms with van der Waals surface area (Å²) in [6.45, 7) is 1.98. The Morgan fingerprint density at radius 2 is 2.45 bits per heavy atom. The highest BCUT2D eigenvalue weighted by Gasteiger charge is 2.29. The molecule has 1 fully saturated rings. The van der Waals surface area contributed by atoms with Gasteiger partial charge in [0.05, 0.1) is 12.5 Å². The number of nitrogens with two attached hydrogens (primary N) is 1. The Hall–Kier alpha value is -0.590. The molecule has 0 aromatic carbocycles. The zero-order valence-corrected chi connectivity index (χ0v) is 7.01. The molecule has 0 saturated carbocycles. The number of hydrogen-bond acceptors (Lipinski definition) is 3. The van der Waals surface area contributed by atoms with Crippen LogP contribution in [0, 0.1) is 11.3 Å². The summed E-state index contributed by atoms with van der Waals surface area (Å²) in [5, 5.41) is 8.52. The minimum atomic E-state index is -0.234. The molecule has 0 spiro atoms. The van der Waals surface area contributed by atoms with Gasteiger partial charge in [-0.05, 0) is 26.4 Å². The summed E-state index contributed by atoms with van der Waals surface area (Å²) >= 11 is 0. The number of rotatable bonds is 1. The Balaban J connectivity index is 2.50. The van der Waals surface area contributed by atoms with Crippen molar-refractivity contribution in [3.05, 3.63) is 0 Å². The Bertz CT molecular complexity index is 173. The third-order valence-electron chi connectivity index (χ3n) is 2.23. The van der Waals surface area contributed by atoms with E-state index < -0.39 is 0 Å². The van der Waals surface area contributed by atoms with Crippen molar-refractivity contribution in [2.75, 3.05) is 20.1 Å². The van der Waals surface area contributed by atoms with E-state index in [0.717, 1.165) is 25.9 Å². The quantitative estimate of drug-likeness (QED) is 0.590. The minimum absolute atomic E-state index is 0.234. The van der Waals surface area contributed by atoms with Crippen molar-refractivity contribution in [1.82, 2.24) is 4.90 Å². The maximum atomic E-state index is 8.52. The van der Waals surface area contributed by atoms with Crippen molar-refractivity contribution in [3.8, 4) is 6.07 Å². The van der Waals surface area contributed by atoms with Gasteiger partial charge in [0.1, 0.15) is 0 Å². The summed E-state index contributed by atoms with van der Waals surface area (Å²) < 4.78 is 0. The first-order chi connectivity index (χ1) is 5.16. The molecule has 1 aliphatic rings. The van der Waals surface area contributed by atoms with Crippen LogP contribution in [-0.4, -0.2) is 30.6 Å². The lowest BCUT2D eigenvalue weighted by molar-refractivity contribution is 0.181. The van der Waals surface area contributed by atoms with Gasteiger partial charge >= 0.3 is 0 Å². The molecule has 3 nitrogen and oxygen atoms in total. The first-order valence-electron chi connectivity index (χ1n) is 4.01. The topological polar surface area (TPSA) is 53.0 Å². The molecule has 1 aliphatic heterocycles. The lowest BCUT2D eigenvalue weighted by Crippen LogP contribution is -2.52. The third-order valence-corrected chi connectivity index (χ3v) is 2.23. The van der Waals surface area contributed by atoms with E-state index in [1.54, 1.807) is 0 Å². The SMILES string of the molecule is CN1CCCC(N)(CC#N)C1. The maximum absolute atomic E-state index is 8.52. The predicted molar refractivity (Wildman–Crippen MR) is 43.9 cm³/mol. The van der Waals surface area contributed by atoms with E-state index in [0.29, 0.717) is 6.42 Å². The van der Waals surface area contributed by atoms with Crippen LogP contribution in [0.3, 0.4) is 0 Å². The number of piperidine rings is 1. The number of nitriles is 1. The first kappa shape index (κ1) is 8.51. The largest absolute Gasteiger partial charge is 0.323 e. The molecule has 11 heavy (non-hydrogen) atoms. The fourth-order valence-corrected chi connectivity index (χ4v) is 1.70. The molecule has 0 aliphatic carbocycles. The number of likely N-dealkylation sites (N-methyl/N-ethyl adjacent to an activating group) is 1. The standard InChI is InChI=1S/C8H15N3/c1-11-6-2-3-8(10,7-11)4-5-9/h2-4,6-7,10H2,1H3. The van der Waals surface area contributed by atoms with Crippen LogP contribution < -0.4 is 5.73 Å². The van der Waals surface area contributed by atoms with E-state index in [1.165, 1.54) is 0 Å². The van der Waals surface area contributed by atoms with E-state index in [9.17, 15) is 0 Å². The summed E-state index contributed by atoms with van der Waals surface area (Å²) in [6, 6.07) is 2.15. The van der Waals surface area contributed by atoms with Crippen LogP contribution in [-0.2, 0) is 0 Å². The number of likely N-dealkylation sites (tertiary alicyclic amines) is 1. The molecule has 1 heterocycles. The second kappa shape index (κ2) is 3.21. The van der Waals surface area contributed by atoms with Gasteiger partial charge in [-0.1, -0.05) is 0 Å². The van der Waals surface area contributed by atoms with Crippen LogP contribution in [0.2, 0.25) is 0 Å². The molecule has 62 valence electrons. The van der Waals surface area contributed by atoms with Gasteiger partial charge in [0.2, 0.25) is 0 Å². The number of nitrogens with zero attached hydrogens (tertiary/aromatic N) is 2. The fraction of sp³-hybridized carbons (Fsp3) is 0.875. The van der Waals surface area contributed by atoms with Crippen LogP contribution in [0.1, 0.15) is 19.3 Å². The molecule has 0 aromatic rings. The second-order valence-electron chi connectivity index (χ2n) is 3.54. The summed E-state index contributed by atoms with van der Waals surface area (Å²) in [7, 11) is 2.05. The molecule has 1 saturated heterocycles. The smallest absolute Gasteiger partial charge is 0.0641 e. The highest BCUT2D eigenvalue weighted by molar-refractivity contribution is 4.97. The molecular formula is C8H15N3. The summed E-state index contributed by atoms with van der Waals surface area (Å²) in [5.41, 5.74) is 5.76. The Labute approximate surface area is 67.8 Å². The molecular weight excluding hydrogens is 138 g/mol. The van der Waals surface area contributed by atoms with Gasteiger partial charge in [-0.25, -0.2) is 0 Å². The van der Waals surface area contributed by atoms with Crippen LogP contribution >= 0.6 is 0 Å². The number of hydrogen-bond donors (Lipinski definition) is 1. The van der Waals surface area contributed by atoms with Gasteiger partial charge in [-0.15, -0.1) is 0 Å². The van der Waals surface area contributed by atoms with Gasteiger partial charge in [0.25, 0.3) is 0 Å². The van der Waals surface area contributed by atoms with Crippen LogP contribution in [0.4, 0.5) is 0 Å². The van der Waals surface area contributed by atoms with Crippen molar-refractivity contribution in [3.63, 3.8) is 0 Å². The van der Waals surface area contributed by atoms with Gasteiger partial charge < -0.3 is 10.6 Å². The second-order valence-corrected chi connectivity index (χ2v) is 3.54. The molecule has 1 unspecified atom stereocenters. The van der Waals surface area contributed by atoms with E-state index in [2.05, 4.69) is 18.0 Å². The molecule has 0 amide bonds. The summed E-state index contributed by atoms with van der Waals surface area (Å²) in [4.78, 5) is 2.20. The van der Waals surface area contributed by atoms with Crippen molar-refractivity contribution in [2.45, 2.75) is 24.8 Å². The Kier molecular flexibility index (Phi) is 2.48. The van der Waals surface area contributed by atoms with Crippen LogP contribution in [0.25, 0.3) is 0 Å². The van der Waals surface area contributed by atoms with Gasteiger partial charge in [0.15, 0.2) is 0 Å². The van der Waals surface area contributed by atoms with E-state index >= 15 is 0 Å². The molecule has 2 N–H and O–H groups in total. The highest BCUT2D eigenvalue weighted by atomic mass is 15.1. The average molecular weight is 153 g/mol. The lowest BCUT2D eigenvalue weighted by atomic mass is 9.88. The van der Waals surface area contributed by atoms with Crippen LogP contribution in [0.5, 0.6) is 0 Å². The molecule has 3 heteroatoms. The Morgan fingerprint density at radius 3 is 3.00 bits per heavy atom. The average Bonchev–Trinajstić information content (AvgIpc) is 1.86. The van der Waals surface area contributed by atoms with Crippen molar-refractivity contribution in [2.24, 2.45) is 5.73 Å². The zero-order chi connectivity index (χ0) is 8.32. The molecule has 0 radical (unpaired) electrons. The third kappa shape index (κ3) is 2.18. The van der Waals surface area contributed by atoms with Gasteiger partial charge in [-0.3, -0.25) is 0 Å². The highest BCUT2D eigenvalue weighted by Crippen LogP contribution is 2.20. The fourth-order valence-electron chi connectivity index (χ4n) is 1.70. The molecule has 1 atom stereocenters. The molecule has 0 bridgehead atoms. The lowest BCUT2D eigenvalue weighted by Gasteiger charge is -2.36. The minimum Gasteiger partial charge on any atom is -0.323 e. The normalized spacial score (nSPS) is 33.2. The first-order valence-corrected chi connectivity index (χ1v) is 4.01. The molecule has 1 rings (SSSR count). The zero-order valence-electron chi connectivity index (χ0n) is 7.01. The van der Waals surface area contributed by atoms with Gasteiger partial charge in [-0.2, -0.15) is 5.26 Å². The maximum Gasteiger partial charge on any atom is 0.0641 e. The molecule has 0 aromatic heterocycles. The van der Waals surface area contributed by atoms with Gasteiger partial charge in [0, 0.05) is 12.1 Å². The van der Waals surface area contributed by atoms with Crippen molar-refractivity contribution in [1.29, 1.82) is 5.26 Å². The van der Waals surface area contributed by atoms with Crippen molar-refractivity contribution >= 4 is 0 Å². The predicted octanol–water partition coefficient (Wildman–Crippen LogP) is 0.323. The van der Waals surface area contributed by atoms with Crippen LogP contribution in [0.15, 0.2) is 0 Å². The van der Waals surface area contributed by atoms with E-state index in [1.807, 2.05) is 0 Å². The Morgan fingerprint density at radius 1 is 1.73 bits per heavy atom. The van der Waals surface area contributed by atoms with E-state index in [-0.39, 0.29) is 5.54 Å². The van der Waals surface area contributed by atoms with E-state index in [4.69, 9.17) is 11.0 Å². The monoisotopic (exact) mass is 153 g/mol. The summed E-state index contributed by atoms with van der Waals surface area (Å²) in [6.07, 6.45) is 2.59. The van der Waals surface area contributed by atoms with Crippen molar-refractivity contribution < 1.29 is 0 Å². The summed E-state index contributed by atoms with van der Waals surface area (Å²) in [5.74, 6) is 0.